The number of ether oxygens (including phenoxy) is 1. The van der Waals surface area contributed by atoms with Crippen molar-refractivity contribution in [2.24, 2.45) is 4.99 Å². The Hall–Kier alpha value is -2.73. The number of carbonyl (C=O) groups excluding carboxylic acids is 2. The summed E-state index contributed by atoms with van der Waals surface area (Å²) in [7, 11) is 1.35. The molecular weight excluding hydrogens is 360 g/mol. The van der Waals surface area contributed by atoms with Crippen LogP contribution in [0.3, 0.4) is 0 Å². The van der Waals surface area contributed by atoms with E-state index in [-0.39, 0.29) is 18.4 Å². The van der Waals surface area contributed by atoms with E-state index in [2.05, 4.69) is 11.1 Å². The van der Waals surface area contributed by atoms with Crippen molar-refractivity contribution in [3.8, 4) is 0 Å². The highest BCUT2D eigenvalue weighted by molar-refractivity contribution is 7.16. The maximum atomic E-state index is 12.7. The van der Waals surface area contributed by atoms with Crippen molar-refractivity contribution in [2.75, 3.05) is 7.11 Å². The second-order valence-electron chi connectivity index (χ2n) is 6.69. The van der Waals surface area contributed by atoms with Crippen LogP contribution in [0.15, 0.2) is 35.3 Å². The Morgan fingerprint density at radius 2 is 1.78 bits per heavy atom. The highest BCUT2D eigenvalue weighted by atomic mass is 32.1. The maximum absolute atomic E-state index is 12.7. The molecule has 6 heteroatoms. The second kappa shape index (κ2) is 7.48. The van der Waals surface area contributed by atoms with Gasteiger partial charge in [-0.15, -0.1) is 0 Å². The van der Waals surface area contributed by atoms with E-state index in [0.29, 0.717) is 10.4 Å². The number of aromatic nitrogens is 1. The van der Waals surface area contributed by atoms with Crippen molar-refractivity contribution < 1.29 is 14.3 Å². The number of thiazole rings is 1. The molecule has 0 radical (unpaired) electrons. The minimum atomic E-state index is -0.380. The van der Waals surface area contributed by atoms with E-state index in [0.717, 1.165) is 32.5 Å². The topological polar surface area (TPSA) is 60.7 Å². The third kappa shape index (κ3) is 3.85. The highest BCUT2D eigenvalue weighted by Crippen LogP contribution is 2.23. The van der Waals surface area contributed by atoms with Crippen molar-refractivity contribution in [1.29, 1.82) is 0 Å². The van der Waals surface area contributed by atoms with E-state index in [1.54, 1.807) is 10.6 Å². The van der Waals surface area contributed by atoms with Crippen LogP contribution in [0.25, 0.3) is 10.2 Å². The van der Waals surface area contributed by atoms with Crippen molar-refractivity contribution in [2.45, 2.75) is 34.2 Å². The molecule has 2 aromatic carbocycles. The molecule has 1 heterocycles. The van der Waals surface area contributed by atoms with Crippen LogP contribution >= 0.6 is 11.3 Å². The average Bonchev–Trinajstić information content (AvgIpc) is 2.94. The summed E-state index contributed by atoms with van der Waals surface area (Å²) < 4.78 is 7.58. The molecule has 27 heavy (non-hydrogen) atoms. The van der Waals surface area contributed by atoms with Gasteiger partial charge in [0.2, 0.25) is 0 Å². The van der Waals surface area contributed by atoms with Gasteiger partial charge >= 0.3 is 5.97 Å². The molecule has 3 aromatic rings. The SMILES string of the molecule is COC(=O)Cn1c(=NC(=O)c2ccc(C)c(C)c2)sc2cc(C)cc(C)c21. The number of nitrogens with zero attached hydrogens (tertiary/aromatic N) is 2. The number of esters is 1. The Kier molecular flexibility index (Phi) is 5.28. The first-order chi connectivity index (χ1) is 12.8. The van der Waals surface area contributed by atoms with E-state index >= 15 is 0 Å². The van der Waals surface area contributed by atoms with Gasteiger partial charge in [-0.3, -0.25) is 9.59 Å². The number of amides is 1. The molecule has 0 bridgehead atoms. The normalized spacial score (nSPS) is 11.8. The minimum absolute atomic E-state index is 0.0133. The second-order valence-corrected chi connectivity index (χ2v) is 7.70. The largest absolute Gasteiger partial charge is 0.468 e. The van der Waals surface area contributed by atoms with Gasteiger partial charge in [0.1, 0.15) is 6.54 Å². The van der Waals surface area contributed by atoms with Gasteiger partial charge in [0.15, 0.2) is 4.80 Å². The van der Waals surface area contributed by atoms with Crippen molar-refractivity contribution in [1.82, 2.24) is 4.57 Å². The molecule has 0 fully saturated rings. The number of carbonyl (C=O) groups is 2. The molecule has 0 spiro atoms. The van der Waals surface area contributed by atoms with E-state index in [1.165, 1.54) is 18.4 Å². The molecule has 0 atom stereocenters. The van der Waals surface area contributed by atoms with Gasteiger partial charge in [0.05, 0.1) is 17.3 Å². The lowest BCUT2D eigenvalue weighted by atomic mass is 10.1. The summed E-state index contributed by atoms with van der Waals surface area (Å²) in [5, 5.41) is 0. The molecule has 0 saturated carbocycles. The molecule has 5 nitrogen and oxygen atoms in total. The van der Waals surface area contributed by atoms with Crippen LogP contribution in [0.1, 0.15) is 32.6 Å². The number of methoxy groups -OCH3 is 1. The maximum Gasteiger partial charge on any atom is 0.325 e. The summed E-state index contributed by atoms with van der Waals surface area (Å²) in [4.78, 5) is 29.5. The number of rotatable bonds is 3. The fourth-order valence-corrected chi connectivity index (χ4v) is 4.25. The number of fused-ring (bicyclic) bond motifs is 1. The number of hydrogen-bond donors (Lipinski definition) is 0. The highest BCUT2D eigenvalue weighted by Gasteiger charge is 2.15. The molecule has 0 N–H and O–H groups in total. The zero-order valence-corrected chi connectivity index (χ0v) is 16.9. The average molecular weight is 382 g/mol. The Morgan fingerprint density at radius 3 is 2.44 bits per heavy atom. The molecule has 1 aromatic heterocycles. The van der Waals surface area contributed by atoms with Gasteiger partial charge in [0.25, 0.3) is 5.91 Å². The number of aryl methyl sites for hydroxylation is 4. The van der Waals surface area contributed by atoms with E-state index in [9.17, 15) is 9.59 Å². The Bertz CT molecular complexity index is 1120. The molecule has 0 aliphatic heterocycles. The molecule has 0 aliphatic rings. The summed E-state index contributed by atoms with van der Waals surface area (Å²) in [5.41, 5.74) is 5.76. The zero-order valence-electron chi connectivity index (χ0n) is 16.1. The van der Waals surface area contributed by atoms with Crippen molar-refractivity contribution in [3.63, 3.8) is 0 Å². The molecule has 140 valence electrons. The third-order valence-electron chi connectivity index (χ3n) is 4.58. The first-order valence-corrected chi connectivity index (χ1v) is 9.45. The fourth-order valence-electron chi connectivity index (χ4n) is 3.04. The van der Waals surface area contributed by atoms with Crippen LogP contribution in [0.4, 0.5) is 0 Å². The van der Waals surface area contributed by atoms with Gasteiger partial charge in [-0.05, 0) is 68.1 Å². The number of benzene rings is 2. The molecule has 0 saturated heterocycles. The molecule has 1 amide bonds. The predicted molar refractivity (Wildman–Crippen MR) is 107 cm³/mol. The van der Waals surface area contributed by atoms with Gasteiger partial charge in [-0.25, -0.2) is 0 Å². The third-order valence-corrected chi connectivity index (χ3v) is 5.60. The number of hydrogen-bond acceptors (Lipinski definition) is 4. The smallest absolute Gasteiger partial charge is 0.325 e. The van der Waals surface area contributed by atoms with Gasteiger partial charge < -0.3 is 9.30 Å². The van der Waals surface area contributed by atoms with E-state index in [1.807, 2.05) is 45.9 Å². The molecule has 0 aliphatic carbocycles. The summed E-state index contributed by atoms with van der Waals surface area (Å²) in [6.07, 6.45) is 0. The van der Waals surface area contributed by atoms with Crippen molar-refractivity contribution >= 4 is 33.4 Å². The van der Waals surface area contributed by atoms with Crippen LogP contribution in [0.2, 0.25) is 0 Å². The summed E-state index contributed by atoms with van der Waals surface area (Å²) >= 11 is 1.40. The van der Waals surface area contributed by atoms with Gasteiger partial charge in [0, 0.05) is 5.56 Å². The van der Waals surface area contributed by atoms with Crippen LogP contribution in [0.5, 0.6) is 0 Å². The first-order valence-electron chi connectivity index (χ1n) is 8.64. The predicted octanol–water partition coefficient (Wildman–Crippen LogP) is 3.85. The zero-order chi connectivity index (χ0) is 19.7. The minimum Gasteiger partial charge on any atom is -0.468 e. The van der Waals surface area contributed by atoms with E-state index in [4.69, 9.17) is 4.74 Å². The summed E-state index contributed by atoms with van der Waals surface area (Å²) in [6.45, 7) is 8.00. The van der Waals surface area contributed by atoms with E-state index < -0.39 is 0 Å². The van der Waals surface area contributed by atoms with Crippen LogP contribution in [-0.4, -0.2) is 23.6 Å². The Labute approximate surface area is 161 Å². The quantitative estimate of drug-likeness (QED) is 0.647. The van der Waals surface area contributed by atoms with Crippen LogP contribution in [-0.2, 0) is 16.1 Å². The fraction of sp³-hybridized carbons (Fsp3) is 0.286. The molecule has 3 rings (SSSR count). The monoisotopic (exact) mass is 382 g/mol. The molecule has 0 unspecified atom stereocenters. The lowest BCUT2D eigenvalue weighted by molar-refractivity contribution is -0.141. The van der Waals surface area contributed by atoms with Gasteiger partial charge in [-0.1, -0.05) is 23.5 Å². The Balaban J connectivity index is 2.19. The van der Waals surface area contributed by atoms with Crippen LogP contribution in [0, 0.1) is 27.7 Å². The lowest BCUT2D eigenvalue weighted by Crippen LogP contribution is -2.22. The summed E-state index contributed by atoms with van der Waals surface area (Å²) in [5.74, 6) is -0.701. The first kappa shape index (κ1) is 19.0. The van der Waals surface area contributed by atoms with Gasteiger partial charge in [-0.2, -0.15) is 4.99 Å². The van der Waals surface area contributed by atoms with Crippen molar-refractivity contribution in [3.05, 3.63) is 63.0 Å². The van der Waals surface area contributed by atoms with Crippen LogP contribution < -0.4 is 4.80 Å². The lowest BCUT2D eigenvalue weighted by Gasteiger charge is -2.07. The molecular formula is C21H22N2O3S. The summed E-state index contributed by atoms with van der Waals surface area (Å²) in [6, 6.07) is 9.63. The standard InChI is InChI=1S/C21H22N2O3S/c1-12-8-15(4)19-17(9-12)27-21(23(19)11-18(24)26-5)22-20(25)16-7-6-13(2)14(3)10-16/h6-10H,11H2,1-5H3. The Morgan fingerprint density at radius 1 is 1.04 bits per heavy atom.